The SMILES string of the molecule is CCOCCSP(C)(=S)Cl. The number of rotatable bonds is 5. The Kier molecular flexibility index (Phi) is 6.57. The highest BCUT2D eigenvalue weighted by atomic mass is 35.7. The van der Waals surface area contributed by atoms with Gasteiger partial charge in [0.15, 0.2) is 0 Å². The Balaban J connectivity index is 3.13. The van der Waals surface area contributed by atoms with E-state index in [9.17, 15) is 0 Å². The fourth-order valence-corrected chi connectivity index (χ4v) is 3.42. The van der Waals surface area contributed by atoms with Crippen molar-refractivity contribution in [1.82, 2.24) is 0 Å². The van der Waals surface area contributed by atoms with E-state index in [1.54, 1.807) is 11.4 Å². The molecule has 0 heterocycles. The smallest absolute Gasteiger partial charge is 0.0860 e. The minimum absolute atomic E-state index is 0.764. The summed E-state index contributed by atoms with van der Waals surface area (Å²) in [4.78, 5) is 0. The molecule has 0 radical (unpaired) electrons. The van der Waals surface area contributed by atoms with E-state index in [0.29, 0.717) is 0 Å². The third kappa shape index (κ3) is 9.25. The van der Waals surface area contributed by atoms with E-state index in [2.05, 4.69) is 0 Å². The standard InChI is InChI=1S/C5H12ClOPS2/c1-3-7-4-5-10-8(2,6)9/h3-5H2,1-2H3. The fraction of sp³-hybridized carbons (Fsp3) is 1.00. The zero-order valence-electron chi connectivity index (χ0n) is 6.17. The lowest BCUT2D eigenvalue weighted by molar-refractivity contribution is 0.165. The van der Waals surface area contributed by atoms with Gasteiger partial charge in [0.1, 0.15) is 0 Å². The van der Waals surface area contributed by atoms with Gasteiger partial charge in [-0.3, -0.25) is 0 Å². The molecule has 1 unspecified atom stereocenters. The molecule has 0 rings (SSSR count). The van der Waals surface area contributed by atoms with Gasteiger partial charge in [-0.15, -0.1) is 11.4 Å². The number of halogens is 1. The van der Waals surface area contributed by atoms with Crippen molar-refractivity contribution in [2.45, 2.75) is 6.92 Å². The summed E-state index contributed by atoms with van der Waals surface area (Å²) in [6, 6.07) is 0. The van der Waals surface area contributed by atoms with E-state index < -0.39 is 4.59 Å². The van der Waals surface area contributed by atoms with E-state index >= 15 is 0 Å². The van der Waals surface area contributed by atoms with Crippen LogP contribution in [0, 0.1) is 0 Å². The average Bonchev–Trinajstić information content (AvgIpc) is 1.78. The van der Waals surface area contributed by atoms with Gasteiger partial charge >= 0.3 is 0 Å². The summed E-state index contributed by atoms with van der Waals surface area (Å²) in [5.41, 5.74) is 0. The van der Waals surface area contributed by atoms with Crippen molar-refractivity contribution in [2.75, 3.05) is 25.6 Å². The van der Waals surface area contributed by atoms with Crippen LogP contribution in [0.25, 0.3) is 0 Å². The summed E-state index contributed by atoms with van der Waals surface area (Å²) in [6.07, 6.45) is 0. The van der Waals surface area contributed by atoms with E-state index in [1.165, 1.54) is 0 Å². The Morgan fingerprint density at radius 2 is 2.30 bits per heavy atom. The highest BCUT2D eigenvalue weighted by molar-refractivity contribution is 8.77. The van der Waals surface area contributed by atoms with Crippen LogP contribution < -0.4 is 0 Å². The number of hydrogen-bond donors (Lipinski definition) is 0. The van der Waals surface area contributed by atoms with Crippen LogP contribution in [0.2, 0.25) is 0 Å². The van der Waals surface area contributed by atoms with Gasteiger partial charge < -0.3 is 4.74 Å². The molecule has 0 amide bonds. The summed E-state index contributed by atoms with van der Waals surface area (Å²) in [6.45, 7) is 5.43. The van der Waals surface area contributed by atoms with Crippen LogP contribution in [0.1, 0.15) is 6.92 Å². The average molecular weight is 219 g/mol. The molecule has 0 aliphatic rings. The molecule has 10 heavy (non-hydrogen) atoms. The predicted octanol–water partition coefficient (Wildman–Crippen LogP) is 2.93. The normalized spacial score (nSPS) is 16.7. The molecule has 0 bridgehead atoms. The van der Waals surface area contributed by atoms with Crippen LogP contribution in [-0.4, -0.2) is 25.6 Å². The maximum Gasteiger partial charge on any atom is 0.0860 e. The summed E-state index contributed by atoms with van der Waals surface area (Å²) >= 11 is 12.5. The van der Waals surface area contributed by atoms with Gasteiger partial charge in [-0.1, -0.05) is 23.0 Å². The molecule has 62 valence electrons. The molecule has 0 aromatic carbocycles. The van der Waals surface area contributed by atoms with Crippen molar-refractivity contribution >= 4 is 39.0 Å². The maximum atomic E-state index is 5.85. The van der Waals surface area contributed by atoms with E-state index in [0.717, 1.165) is 19.0 Å². The van der Waals surface area contributed by atoms with Gasteiger partial charge in [0, 0.05) is 12.4 Å². The first kappa shape index (κ1) is 11.2. The lowest BCUT2D eigenvalue weighted by Crippen LogP contribution is -1.94. The second-order valence-electron chi connectivity index (χ2n) is 1.78. The minimum Gasteiger partial charge on any atom is -0.381 e. The first-order chi connectivity index (χ1) is 4.56. The Bertz CT molecular complexity index is 125. The Morgan fingerprint density at radius 1 is 1.70 bits per heavy atom. The maximum absolute atomic E-state index is 5.85. The Morgan fingerprint density at radius 3 is 2.70 bits per heavy atom. The molecule has 0 aliphatic carbocycles. The molecule has 0 saturated carbocycles. The van der Waals surface area contributed by atoms with Crippen LogP contribution in [0.5, 0.6) is 0 Å². The van der Waals surface area contributed by atoms with Gasteiger partial charge in [-0.25, -0.2) is 0 Å². The quantitative estimate of drug-likeness (QED) is 0.519. The molecular formula is C5H12ClOPS2. The van der Waals surface area contributed by atoms with Crippen molar-refractivity contribution in [3.8, 4) is 0 Å². The summed E-state index contributed by atoms with van der Waals surface area (Å²) in [7, 11) is 0. The van der Waals surface area contributed by atoms with Gasteiger partial charge in [-0.05, 0) is 13.6 Å². The number of hydrogen-bond acceptors (Lipinski definition) is 3. The zero-order valence-corrected chi connectivity index (χ0v) is 9.45. The molecule has 0 spiro atoms. The highest BCUT2D eigenvalue weighted by Crippen LogP contribution is 2.60. The molecule has 5 heteroatoms. The molecule has 0 fully saturated rings. The Labute approximate surface area is 76.4 Å². The molecule has 0 saturated heterocycles. The monoisotopic (exact) mass is 218 g/mol. The van der Waals surface area contributed by atoms with Crippen LogP contribution in [-0.2, 0) is 16.5 Å². The van der Waals surface area contributed by atoms with Crippen LogP contribution in [0.4, 0.5) is 0 Å². The minimum atomic E-state index is -1.56. The largest absolute Gasteiger partial charge is 0.381 e. The van der Waals surface area contributed by atoms with Gasteiger partial charge in [-0.2, -0.15) is 0 Å². The number of ether oxygens (including phenoxy) is 1. The third-order valence-electron chi connectivity index (χ3n) is 0.754. The molecule has 0 N–H and O–H groups in total. The van der Waals surface area contributed by atoms with Crippen LogP contribution in [0.3, 0.4) is 0 Å². The van der Waals surface area contributed by atoms with Crippen molar-refractivity contribution in [3.63, 3.8) is 0 Å². The van der Waals surface area contributed by atoms with Gasteiger partial charge in [0.25, 0.3) is 0 Å². The van der Waals surface area contributed by atoms with Crippen LogP contribution >= 0.6 is 27.2 Å². The molecule has 1 nitrogen and oxygen atoms in total. The van der Waals surface area contributed by atoms with Crippen molar-refractivity contribution in [1.29, 1.82) is 0 Å². The molecule has 0 aromatic heterocycles. The first-order valence-electron chi connectivity index (χ1n) is 3.05. The zero-order chi connectivity index (χ0) is 8.04. The third-order valence-corrected chi connectivity index (χ3v) is 5.32. The molecule has 0 aliphatic heterocycles. The second-order valence-corrected chi connectivity index (χ2v) is 13.0. The molecular weight excluding hydrogens is 207 g/mol. The van der Waals surface area contributed by atoms with E-state index in [1.807, 2.05) is 13.6 Å². The topological polar surface area (TPSA) is 9.23 Å². The highest BCUT2D eigenvalue weighted by Gasteiger charge is 2.03. The molecule has 0 aromatic rings. The summed E-state index contributed by atoms with van der Waals surface area (Å²) in [5.74, 6) is 0.922. The Hall–Kier alpha value is 1.25. The lowest BCUT2D eigenvalue weighted by Gasteiger charge is -2.05. The summed E-state index contributed by atoms with van der Waals surface area (Å²) in [5, 5.41) is 0. The van der Waals surface area contributed by atoms with E-state index in [-0.39, 0.29) is 0 Å². The van der Waals surface area contributed by atoms with Crippen molar-refractivity contribution < 1.29 is 4.74 Å². The van der Waals surface area contributed by atoms with E-state index in [4.69, 9.17) is 27.8 Å². The lowest BCUT2D eigenvalue weighted by atomic mass is 10.8. The van der Waals surface area contributed by atoms with Gasteiger partial charge in [0.2, 0.25) is 0 Å². The molecule has 1 atom stereocenters. The summed E-state index contributed by atoms with van der Waals surface area (Å²) < 4.78 is 3.56. The second kappa shape index (κ2) is 5.84. The fourth-order valence-electron chi connectivity index (χ4n) is 0.404. The van der Waals surface area contributed by atoms with Crippen LogP contribution in [0.15, 0.2) is 0 Å². The first-order valence-corrected chi connectivity index (χ1v) is 8.80. The van der Waals surface area contributed by atoms with Crippen molar-refractivity contribution in [3.05, 3.63) is 0 Å². The predicted molar refractivity (Wildman–Crippen MR) is 55.0 cm³/mol. The van der Waals surface area contributed by atoms with Gasteiger partial charge in [0.05, 0.1) is 11.2 Å². The van der Waals surface area contributed by atoms with Crippen molar-refractivity contribution in [2.24, 2.45) is 0 Å².